The van der Waals surface area contributed by atoms with E-state index >= 15 is 0 Å². The Morgan fingerprint density at radius 1 is 0.397 bits per heavy atom. The molecule has 0 aliphatic heterocycles. The van der Waals surface area contributed by atoms with Crippen LogP contribution in [0.1, 0.15) is 23.6 Å². The van der Waals surface area contributed by atoms with Crippen LogP contribution in [0, 0.1) is 0 Å². The summed E-state index contributed by atoms with van der Waals surface area (Å²) in [5.74, 6) is 0.725. The minimum absolute atomic E-state index is 0.0852. The molecule has 14 aromatic rings. The number of hydrogen-bond acceptors (Lipinski definition) is 4. The number of nitrogens with zero attached hydrogens (tertiary/aromatic N) is 4. The largest absolute Gasteiger partial charge is 0.456 e. The Morgan fingerprint density at radius 3 is 1.57 bits per heavy atom. The van der Waals surface area contributed by atoms with Crippen molar-refractivity contribution in [2.45, 2.75) is 12.3 Å². The van der Waals surface area contributed by atoms with Crippen LogP contribution in [0.3, 0.4) is 0 Å². The summed E-state index contributed by atoms with van der Waals surface area (Å²) in [7, 11) is 0. The summed E-state index contributed by atoms with van der Waals surface area (Å²) < 4.78 is 17.6. The van der Waals surface area contributed by atoms with Gasteiger partial charge in [-0.05, 0) is 95.4 Å². The third kappa shape index (κ3) is 5.52. The lowest BCUT2D eigenvalue weighted by atomic mass is 9.89. The molecule has 0 bridgehead atoms. The number of fused-ring (bicyclic) bond motifs is 13. The van der Waals surface area contributed by atoms with Crippen molar-refractivity contribution in [2.75, 3.05) is 0 Å². The Kier molecular flexibility index (Phi) is 7.80. The standard InChI is InChI=1S/C62H38N4O2/c1-3-13-37(14-4-1)38-23-25-39(26-24-38)61-45-19-7-10-20-52(45)63-62(64-61)66-54-30-28-41(32-47(54)49-34-51-44-18-9-12-22-58(44)68-60(51)36-56(49)66)40-27-29-53-46(31-40)48-33-50-43-17-8-11-21-57(43)67-59(50)35-55(48)65(53)42-15-5-2-6-16-42/h1-25,27-36,39H,26H2. The molecule has 0 fully saturated rings. The van der Waals surface area contributed by atoms with E-state index in [2.05, 4.69) is 197 Å². The lowest BCUT2D eigenvalue weighted by molar-refractivity contribution is 0.669. The molecule has 5 heterocycles. The fourth-order valence-corrected chi connectivity index (χ4v) is 11.0. The molecule has 0 amide bonds. The van der Waals surface area contributed by atoms with Gasteiger partial charge >= 0.3 is 0 Å². The van der Waals surface area contributed by atoms with Crippen LogP contribution in [0.25, 0.3) is 127 Å². The first-order chi connectivity index (χ1) is 33.7. The van der Waals surface area contributed by atoms with Crippen LogP contribution in [-0.2, 0) is 0 Å². The molecule has 1 aliphatic carbocycles. The maximum Gasteiger partial charge on any atom is 0.235 e. The van der Waals surface area contributed by atoms with Gasteiger partial charge in [-0.1, -0.05) is 133 Å². The van der Waals surface area contributed by atoms with E-state index in [9.17, 15) is 0 Å². The van der Waals surface area contributed by atoms with Crippen molar-refractivity contribution in [1.82, 2.24) is 19.1 Å². The molecular weight excluding hydrogens is 833 g/mol. The Balaban J connectivity index is 0.946. The summed E-state index contributed by atoms with van der Waals surface area (Å²) in [6, 6.07) is 69.0. The predicted octanol–water partition coefficient (Wildman–Crippen LogP) is 16.4. The molecule has 318 valence electrons. The van der Waals surface area contributed by atoms with Gasteiger partial charge in [-0.2, -0.15) is 0 Å². The van der Waals surface area contributed by atoms with Gasteiger partial charge in [0.2, 0.25) is 5.95 Å². The second-order valence-corrected chi connectivity index (χ2v) is 18.1. The highest BCUT2D eigenvalue weighted by molar-refractivity contribution is 6.20. The molecule has 6 nitrogen and oxygen atoms in total. The highest BCUT2D eigenvalue weighted by Gasteiger charge is 2.24. The lowest BCUT2D eigenvalue weighted by Gasteiger charge is -2.19. The summed E-state index contributed by atoms with van der Waals surface area (Å²) in [5.41, 5.74) is 15.5. The first kappa shape index (κ1) is 37.2. The Bertz CT molecular complexity index is 4470. The zero-order chi connectivity index (χ0) is 44.5. The number of furan rings is 2. The van der Waals surface area contributed by atoms with Gasteiger partial charge in [0.15, 0.2) is 0 Å². The summed E-state index contributed by atoms with van der Waals surface area (Å²) >= 11 is 0. The Labute approximate surface area is 388 Å². The van der Waals surface area contributed by atoms with E-state index in [1.54, 1.807) is 0 Å². The van der Waals surface area contributed by atoms with Crippen molar-refractivity contribution in [1.29, 1.82) is 0 Å². The van der Waals surface area contributed by atoms with Crippen LogP contribution < -0.4 is 0 Å². The summed E-state index contributed by atoms with van der Waals surface area (Å²) in [4.78, 5) is 10.9. The third-order valence-electron chi connectivity index (χ3n) is 14.3. The normalized spacial score (nSPS) is 14.3. The SMILES string of the molecule is C1=CC(c2nc(-n3c4ccc(-c5ccc6c(c5)c5cc7c(cc5n6-c5ccccc5)oc5ccccc57)cc4c4cc5c(cc43)oc3ccccc35)nc3ccccc23)CC=C1c1ccccc1. The Hall–Kier alpha value is -9.00. The molecule has 15 rings (SSSR count). The average molecular weight is 871 g/mol. The fraction of sp³-hybridized carbons (Fsp3) is 0.0323. The van der Waals surface area contributed by atoms with E-state index in [0.29, 0.717) is 5.95 Å². The number of allylic oxidation sites excluding steroid dienone is 4. The molecule has 0 saturated carbocycles. The van der Waals surface area contributed by atoms with Crippen LogP contribution in [0.15, 0.2) is 221 Å². The van der Waals surface area contributed by atoms with E-state index < -0.39 is 0 Å². The average Bonchev–Trinajstić information content (AvgIpc) is 4.14. The second kappa shape index (κ2) is 14.2. The zero-order valence-electron chi connectivity index (χ0n) is 36.6. The van der Waals surface area contributed by atoms with Crippen LogP contribution in [0.4, 0.5) is 0 Å². The number of hydrogen-bond donors (Lipinski definition) is 0. The van der Waals surface area contributed by atoms with Crippen molar-refractivity contribution in [3.63, 3.8) is 0 Å². The van der Waals surface area contributed by atoms with Crippen molar-refractivity contribution in [3.05, 3.63) is 224 Å². The molecule has 1 aliphatic rings. The second-order valence-electron chi connectivity index (χ2n) is 18.1. The molecule has 68 heavy (non-hydrogen) atoms. The van der Waals surface area contributed by atoms with E-state index in [-0.39, 0.29) is 5.92 Å². The molecule has 5 aromatic heterocycles. The number of para-hydroxylation sites is 4. The molecule has 6 heteroatoms. The predicted molar refractivity (Wildman–Crippen MR) is 279 cm³/mol. The highest BCUT2D eigenvalue weighted by Crippen LogP contribution is 2.43. The Morgan fingerprint density at radius 2 is 0.941 bits per heavy atom. The molecular formula is C62H38N4O2. The van der Waals surface area contributed by atoms with Gasteiger partial charge < -0.3 is 13.4 Å². The van der Waals surface area contributed by atoms with Crippen LogP contribution in [-0.4, -0.2) is 19.1 Å². The van der Waals surface area contributed by atoms with Crippen LogP contribution >= 0.6 is 0 Å². The molecule has 0 radical (unpaired) electrons. The molecule has 0 saturated heterocycles. The third-order valence-corrected chi connectivity index (χ3v) is 14.3. The summed E-state index contributed by atoms with van der Waals surface area (Å²) in [5, 5.41) is 10.1. The minimum Gasteiger partial charge on any atom is -0.456 e. The maximum absolute atomic E-state index is 6.55. The topological polar surface area (TPSA) is 61.9 Å². The van der Waals surface area contributed by atoms with Crippen molar-refractivity contribution in [2.24, 2.45) is 0 Å². The smallest absolute Gasteiger partial charge is 0.235 e. The molecule has 1 atom stereocenters. The highest BCUT2D eigenvalue weighted by atomic mass is 16.3. The van der Waals surface area contributed by atoms with E-state index in [1.165, 1.54) is 21.9 Å². The quantitative estimate of drug-likeness (QED) is 0.173. The van der Waals surface area contributed by atoms with E-state index in [0.717, 1.165) is 117 Å². The maximum atomic E-state index is 6.55. The van der Waals surface area contributed by atoms with Gasteiger partial charge in [0.1, 0.15) is 22.3 Å². The van der Waals surface area contributed by atoms with E-state index in [4.69, 9.17) is 18.8 Å². The van der Waals surface area contributed by atoms with Crippen LogP contribution in [0.2, 0.25) is 0 Å². The van der Waals surface area contributed by atoms with Gasteiger partial charge in [-0.15, -0.1) is 0 Å². The van der Waals surface area contributed by atoms with Gasteiger partial charge in [-0.25, -0.2) is 9.97 Å². The first-order valence-electron chi connectivity index (χ1n) is 23.2. The number of rotatable bonds is 5. The lowest BCUT2D eigenvalue weighted by Crippen LogP contribution is -2.08. The van der Waals surface area contributed by atoms with Gasteiger partial charge in [-0.3, -0.25) is 4.57 Å². The van der Waals surface area contributed by atoms with Crippen molar-refractivity contribution in [3.8, 4) is 22.8 Å². The molecule has 1 unspecified atom stereocenters. The zero-order valence-corrected chi connectivity index (χ0v) is 36.6. The van der Waals surface area contributed by atoms with Crippen molar-refractivity contribution < 1.29 is 8.83 Å². The number of benzene rings is 9. The summed E-state index contributed by atoms with van der Waals surface area (Å²) in [6.45, 7) is 0. The summed E-state index contributed by atoms with van der Waals surface area (Å²) in [6.07, 6.45) is 7.74. The van der Waals surface area contributed by atoms with E-state index in [1.807, 2.05) is 24.3 Å². The van der Waals surface area contributed by atoms with Gasteiger partial charge in [0.25, 0.3) is 0 Å². The van der Waals surface area contributed by atoms with Gasteiger partial charge in [0, 0.05) is 72.2 Å². The molecule has 0 spiro atoms. The fourth-order valence-electron chi connectivity index (χ4n) is 11.0. The monoisotopic (exact) mass is 870 g/mol. The van der Waals surface area contributed by atoms with Crippen molar-refractivity contribution >= 4 is 104 Å². The molecule has 0 N–H and O–H groups in total. The van der Waals surface area contributed by atoms with Crippen LogP contribution in [0.5, 0.6) is 0 Å². The van der Waals surface area contributed by atoms with Gasteiger partial charge in [0.05, 0.1) is 33.3 Å². The molecule has 9 aromatic carbocycles. The minimum atomic E-state index is 0.0852. The number of aromatic nitrogens is 4. The first-order valence-corrected chi connectivity index (χ1v) is 23.2.